The zero-order valence-corrected chi connectivity index (χ0v) is 17.0. The smallest absolute Gasteiger partial charge is 0.249 e. The minimum absolute atomic E-state index is 0.0610. The number of aryl methyl sites for hydroxylation is 2. The summed E-state index contributed by atoms with van der Waals surface area (Å²) in [5.74, 6) is 0.478. The zero-order valence-electron chi connectivity index (χ0n) is 16.2. The van der Waals surface area contributed by atoms with Gasteiger partial charge in [0.05, 0.1) is 32.1 Å². The van der Waals surface area contributed by atoms with Gasteiger partial charge in [0, 0.05) is 0 Å². The summed E-state index contributed by atoms with van der Waals surface area (Å²) in [6.45, 7) is 2.47. The van der Waals surface area contributed by atoms with Gasteiger partial charge < -0.3 is 19.0 Å². The summed E-state index contributed by atoms with van der Waals surface area (Å²) in [6, 6.07) is 10.1. The van der Waals surface area contributed by atoms with Crippen LogP contribution in [0.4, 0.5) is 5.69 Å². The van der Waals surface area contributed by atoms with Gasteiger partial charge >= 0.3 is 0 Å². The van der Waals surface area contributed by atoms with Crippen LogP contribution >= 0.6 is 0 Å². The molecule has 154 valence electrons. The van der Waals surface area contributed by atoms with Gasteiger partial charge in [0.1, 0.15) is 22.1 Å². The number of hydrogen-bond acceptors (Lipinski definition) is 7. The van der Waals surface area contributed by atoms with Gasteiger partial charge in [-0.25, -0.2) is 8.42 Å². The number of rotatable bonds is 8. The summed E-state index contributed by atoms with van der Waals surface area (Å²) in [5, 5.41) is 6.39. The van der Waals surface area contributed by atoms with Crippen molar-refractivity contribution in [1.82, 2.24) is 9.46 Å². The first kappa shape index (κ1) is 20.6. The van der Waals surface area contributed by atoms with Gasteiger partial charge in [0.2, 0.25) is 15.9 Å². The van der Waals surface area contributed by atoms with Crippen LogP contribution < -0.4 is 10.1 Å². The van der Waals surface area contributed by atoms with Crippen molar-refractivity contribution in [1.29, 1.82) is 0 Å². The highest BCUT2D eigenvalue weighted by Gasteiger charge is 2.33. The summed E-state index contributed by atoms with van der Waals surface area (Å²) in [6.07, 6.45) is 1.44. The van der Waals surface area contributed by atoms with Crippen LogP contribution in [-0.2, 0) is 21.4 Å². The normalized spacial score (nSPS) is 11.6. The number of para-hydroxylation sites is 2. The first-order chi connectivity index (χ1) is 13.8. The Morgan fingerprint density at radius 2 is 1.97 bits per heavy atom. The molecule has 0 bridgehead atoms. The minimum Gasteiger partial charge on any atom is -0.495 e. The number of ether oxygens (including phenoxy) is 1. The van der Waals surface area contributed by atoms with E-state index in [1.54, 1.807) is 36.4 Å². The predicted octanol–water partition coefficient (Wildman–Crippen LogP) is 2.72. The number of amides is 1. The number of anilines is 1. The van der Waals surface area contributed by atoms with Crippen LogP contribution in [0.15, 0.2) is 56.5 Å². The summed E-state index contributed by atoms with van der Waals surface area (Å²) in [4.78, 5) is 12.6. The minimum atomic E-state index is -4.07. The molecule has 0 aliphatic carbocycles. The molecule has 3 aromatic rings. The largest absolute Gasteiger partial charge is 0.495 e. The maximum atomic E-state index is 13.3. The summed E-state index contributed by atoms with van der Waals surface area (Å²) in [7, 11) is -2.59. The van der Waals surface area contributed by atoms with E-state index in [0.717, 1.165) is 4.31 Å². The van der Waals surface area contributed by atoms with Crippen LogP contribution in [0.2, 0.25) is 0 Å². The Morgan fingerprint density at radius 1 is 1.21 bits per heavy atom. The van der Waals surface area contributed by atoms with Crippen molar-refractivity contribution < 1.29 is 26.9 Å². The van der Waals surface area contributed by atoms with Crippen molar-refractivity contribution in [2.75, 3.05) is 19.0 Å². The van der Waals surface area contributed by atoms with E-state index < -0.39 is 22.5 Å². The van der Waals surface area contributed by atoms with Gasteiger partial charge in [-0.1, -0.05) is 17.3 Å². The molecule has 0 saturated carbocycles. The molecule has 1 aromatic carbocycles. The highest BCUT2D eigenvalue weighted by atomic mass is 32.2. The molecular weight excluding hydrogens is 398 g/mol. The number of methoxy groups -OCH3 is 1. The Bertz CT molecular complexity index is 1070. The fourth-order valence-electron chi connectivity index (χ4n) is 2.87. The van der Waals surface area contributed by atoms with E-state index in [2.05, 4.69) is 10.5 Å². The van der Waals surface area contributed by atoms with E-state index in [9.17, 15) is 13.2 Å². The fourth-order valence-corrected chi connectivity index (χ4v) is 4.53. The molecule has 0 aliphatic heterocycles. The third-order valence-corrected chi connectivity index (χ3v) is 6.22. The molecule has 9 nitrogen and oxygen atoms in total. The van der Waals surface area contributed by atoms with Crippen LogP contribution in [0, 0.1) is 13.8 Å². The van der Waals surface area contributed by atoms with E-state index in [-0.39, 0.29) is 22.9 Å². The molecule has 2 aromatic heterocycles. The van der Waals surface area contributed by atoms with E-state index in [1.165, 1.54) is 27.2 Å². The lowest BCUT2D eigenvalue weighted by Gasteiger charge is -2.21. The molecule has 1 N–H and O–H groups in total. The number of furan rings is 1. The molecule has 0 atom stereocenters. The van der Waals surface area contributed by atoms with Crippen LogP contribution in [0.3, 0.4) is 0 Å². The molecule has 1 amide bonds. The number of hydrogen-bond donors (Lipinski definition) is 1. The molecule has 0 unspecified atom stereocenters. The predicted molar refractivity (Wildman–Crippen MR) is 104 cm³/mol. The second kappa shape index (κ2) is 8.50. The quantitative estimate of drug-likeness (QED) is 0.597. The lowest BCUT2D eigenvalue weighted by Crippen LogP contribution is -2.38. The molecular formula is C19H21N3O6S. The highest BCUT2D eigenvalue weighted by molar-refractivity contribution is 7.89. The Labute approximate surface area is 168 Å². The summed E-state index contributed by atoms with van der Waals surface area (Å²) >= 11 is 0. The van der Waals surface area contributed by atoms with Gasteiger partial charge in [-0.05, 0) is 38.1 Å². The zero-order chi connectivity index (χ0) is 21.0. The lowest BCUT2D eigenvalue weighted by atomic mass is 10.3. The van der Waals surface area contributed by atoms with Crippen molar-refractivity contribution in [3.63, 3.8) is 0 Å². The van der Waals surface area contributed by atoms with Gasteiger partial charge in [-0.2, -0.15) is 4.31 Å². The number of nitrogens with zero attached hydrogens (tertiary/aromatic N) is 2. The average Bonchev–Trinajstić information content (AvgIpc) is 3.31. The average molecular weight is 419 g/mol. The lowest BCUT2D eigenvalue weighted by molar-refractivity contribution is -0.116. The van der Waals surface area contributed by atoms with E-state index in [4.69, 9.17) is 13.7 Å². The fraction of sp³-hybridized carbons (Fsp3) is 0.263. The molecule has 0 spiro atoms. The van der Waals surface area contributed by atoms with E-state index in [1.807, 2.05) is 0 Å². The first-order valence-corrected chi connectivity index (χ1v) is 10.1. The van der Waals surface area contributed by atoms with Gasteiger partial charge in [0.25, 0.3) is 0 Å². The van der Waals surface area contributed by atoms with E-state index >= 15 is 0 Å². The molecule has 10 heteroatoms. The Hall–Kier alpha value is -3.11. The number of carbonyl (C=O) groups excluding carboxylic acids is 1. The second-order valence-electron chi connectivity index (χ2n) is 6.25. The monoisotopic (exact) mass is 419 g/mol. The maximum absolute atomic E-state index is 13.3. The third kappa shape index (κ3) is 4.49. The van der Waals surface area contributed by atoms with Crippen molar-refractivity contribution in [2.24, 2.45) is 0 Å². The number of aromatic nitrogens is 1. The Morgan fingerprint density at radius 3 is 2.59 bits per heavy atom. The van der Waals surface area contributed by atoms with Crippen LogP contribution in [0.5, 0.6) is 5.75 Å². The molecule has 0 fully saturated rings. The number of sulfonamides is 1. The van der Waals surface area contributed by atoms with Crippen molar-refractivity contribution >= 4 is 21.6 Å². The third-order valence-electron chi connectivity index (χ3n) is 4.18. The molecule has 2 heterocycles. The second-order valence-corrected chi connectivity index (χ2v) is 8.13. The molecule has 0 aliphatic rings. The molecule has 0 saturated heterocycles. The van der Waals surface area contributed by atoms with Crippen molar-refractivity contribution in [3.8, 4) is 5.75 Å². The van der Waals surface area contributed by atoms with Gasteiger partial charge in [0.15, 0.2) is 5.76 Å². The molecule has 29 heavy (non-hydrogen) atoms. The Balaban J connectivity index is 1.89. The molecule has 0 radical (unpaired) electrons. The standard InChI is InChI=1S/C19H21N3O6S/c1-13-19(14(2)28-21-13)29(24,25)22(11-15-7-6-10-27-15)12-18(23)20-16-8-4-5-9-17(16)26-3/h4-10H,11-12H2,1-3H3,(H,20,23). The molecule has 3 rings (SSSR count). The SMILES string of the molecule is COc1ccccc1NC(=O)CN(Cc1ccco1)S(=O)(=O)c1c(C)noc1C. The van der Waals surface area contributed by atoms with Gasteiger partial charge in [-0.15, -0.1) is 0 Å². The Kier molecular flexibility index (Phi) is 6.04. The highest BCUT2D eigenvalue weighted by Crippen LogP contribution is 2.26. The summed E-state index contributed by atoms with van der Waals surface area (Å²) < 4.78 is 43.0. The summed E-state index contributed by atoms with van der Waals surface area (Å²) in [5.41, 5.74) is 0.657. The van der Waals surface area contributed by atoms with E-state index in [0.29, 0.717) is 17.2 Å². The van der Waals surface area contributed by atoms with Crippen molar-refractivity contribution in [3.05, 3.63) is 59.9 Å². The van der Waals surface area contributed by atoms with Gasteiger partial charge in [-0.3, -0.25) is 4.79 Å². The van der Waals surface area contributed by atoms with Crippen LogP contribution in [0.1, 0.15) is 17.2 Å². The van der Waals surface area contributed by atoms with Crippen LogP contribution in [-0.4, -0.2) is 37.4 Å². The topological polar surface area (TPSA) is 115 Å². The maximum Gasteiger partial charge on any atom is 0.249 e. The number of nitrogens with one attached hydrogen (secondary N) is 1. The number of carbonyl (C=O) groups is 1. The number of benzene rings is 1. The van der Waals surface area contributed by atoms with Crippen molar-refractivity contribution in [2.45, 2.75) is 25.3 Å². The van der Waals surface area contributed by atoms with Crippen LogP contribution in [0.25, 0.3) is 0 Å². The first-order valence-electron chi connectivity index (χ1n) is 8.71.